The van der Waals surface area contributed by atoms with E-state index in [9.17, 15) is 9.18 Å². The summed E-state index contributed by atoms with van der Waals surface area (Å²) in [6, 6.07) is 0. The van der Waals surface area contributed by atoms with Crippen molar-refractivity contribution in [3.8, 4) is 0 Å². The van der Waals surface area contributed by atoms with Crippen LogP contribution in [0, 0.1) is 5.95 Å². The Morgan fingerprint density at radius 3 is 2.83 bits per heavy atom. The zero-order valence-electron chi connectivity index (χ0n) is 6.46. The number of rotatable bonds is 2. The molecule has 0 bridgehead atoms. The highest BCUT2D eigenvalue weighted by molar-refractivity contribution is 8.00. The van der Waals surface area contributed by atoms with Crippen molar-refractivity contribution in [1.82, 2.24) is 4.98 Å². The van der Waals surface area contributed by atoms with Gasteiger partial charge in [-0.05, 0) is 6.26 Å². The van der Waals surface area contributed by atoms with Crippen LogP contribution in [0.1, 0.15) is 9.67 Å². The van der Waals surface area contributed by atoms with Gasteiger partial charge in [-0.15, -0.1) is 0 Å². The lowest BCUT2D eigenvalue weighted by Gasteiger charge is -1.91. The Morgan fingerprint density at radius 1 is 1.75 bits per heavy atom. The fourth-order valence-electron chi connectivity index (χ4n) is 0.589. The first-order chi connectivity index (χ1) is 5.69. The van der Waals surface area contributed by atoms with Crippen LogP contribution in [-0.2, 0) is 4.74 Å². The normalized spacial score (nSPS) is 9.92. The van der Waals surface area contributed by atoms with E-state index in [4.69, 9.17) is 0 Å². The highest BCUT2D eigenvalue weighted by Gasteiger charge is 2.17. The number of thiazole rings is 1. The summed E-state index contributed by atoms with van der Waals surface area (Å²) in [6.45, 7) is 0. The summed E-state index contributed by atoms with van der Waals surface area (Å²) in [5.74, 6) is -1.43. The van der Waals surface area contributed by atoms with Gasteiger partial charge in [0.25, 0.3) is 0 Å². The number of aromatic nitrogens is 1. The molecule has 0 unspecified atom stereocenters. The number of thioether (sulfide) groups is 1. The second kappa shape index (κ2) is 3.86. The molecule has 0 fully saturated rings. The molecule has 0 aliphatic carbocycles. The topological polar surface area (TPSA) is 39.2 Å². The number of nitrogens with zero attached hydrogens (tertiary/aromatic N) is 1. The SMILES string of the molecule is COC(=O)c1sc(SC)nc1F. The molecule has 6 heteroatoms. The number of esters is 1. The van der Waals surface area contributed by atoms with Crippen LogP contribution in [0.15, 0.2) is 4.34 Å². The van der Waals surface area contributed by atoms with Gasteiger partial charge in [0.15, 0.2) is 9.22 Å². The zero-order valence-corrected chi connectivity index (χ0v) is 8.09. The Labute approximate surface area is 76.9 Å². The molecule has 0 aliphatic heterocycles. The van der Waals surface area contributed by atoms with Crippen LogP contribution in [0.3, 0.4) is 0 Å². The lowest BCUT2D eigenvalue weighted by Crippen LogP contribution is -2.00. The van der Waals surface area contributed by atoms with E-state index in [0.29, 0.717) is 4.34 Å². The Kier molecular flexibility index (Phi) is 3.05. The lowest BCUT2D eigenvalue weighted by atomic mass is 10.5. The van der Waals surface area contributed by atoms with Crippen molar-refractivity contribution in [2.45, 2.75) is 4.34 Å². The van der Waals surface area contributed by atoms with Crippen LogP contribution in [-0.4, -0.2) is 24.3 Å². The third-order valence-corrected chi connectivity index (χ3v) is 3.11. The molecule has 0 saturated carbocycles. The molecule has 1 aromatic heterocycles. The van der Waals surface area contributed by atoms with E-state index in [1.54, 1.807) is 6.26 Å². The molecule has 3 nitrogen and oxygen atoms in total. The molecule has 1 aromatic rings. The number of hydrogen-bond acceptors (Lipinski definition) is 5. The standard InChI is InChI=1S/C6H6FNO2S2/c1-10-5(9)3-4(7)8-6(11-2)12-3/h1-2H3. The molecule has 0 amide bonds. The van der Waals surface area contributed by atoms with Crippen LogP contribution in [0.25, 0.3) is 0 Å². The van der Waals surface area contributed by atoms with Gasteiger partial charge in [0, 0.05) is 0 Å². The number of ether oxygens (including phenoxy) is 1. The maximum absolute atomic E-state index is 12.8. The van der Waals surface area contributed by atoms with Crippen molar-refractivity contribution < 1.29 is 13.9 Å². The molecule has 0 saturated heterocycles. The molecule has 66 valence electrons. The van der Waals surface area contributed by atoms with Crippen molar-refractivity contribution >= 4 is 29.1 Å². The van der Waals surface area contributed by atoms with Gasteiger partial charge < -0.3 is 4.74 Å². The van der Waals surface area contributed by atoms with Crippen molar-refractivity contribution in [2.24, 2.45) is 0 Å². The molecule has 0 radical (unpaired) electrons. The van der Waals surface area contributed by atoms with Crippen LogP contribution < -0.4 is 0 Å². The molecule has 0 N–H and O–H groups in total. The summed E-state index contributed by atoms with van der Waals surface area (Å²) in [5, 5.41) is 0. The predicted molar refractivity (Wildman–Crippen MR) is 45.2 cm³/mol. The van der Waals surface area contributed by atoms with E-state index in [1.807, 2.05) is 0 Å². The maximum Gasteiger partial charge on any atom is 0.352 e. The quantitative estimate of drug-likeness (QED) is 0.547. The second-order valence-corrected chi connectivity index (χ2v) is 3.85. The first kappa shape index (κ1) is 9.47. The lowest BCUT2D eigenvalue weighted by molar-refractivity contribution is 0.0601. The third-order valence-electron chi connectivity index (χ3n) is 1.11. The fraction of sp³-hybridized carbons (Fsp3) is 0.333. The zero-order chi connectivity index (χ0) is 9.14. The van der Waals surface area contributed by atoms with Gasteiger partial charge in [0.2, 0.25) is 5.95 Å². The highest BCUT2D eigenvalue weighted by atomic mass is 32.2. The van der Waals surface area contributed by atoms with Crippen molar-refractivity contribution in [2.75, 3.05) is 13.4 Å². The van der Waals surface area contributed by atoms with Crippen molar-refractivity contribution in [3.63, 3.8) is 0 Å². The minimum atomic E-state index is -0.754. The monoisotopic (exact) mass is 207 g/mol. The van der Waals surface area contributed by atoms with Gasteiger partial charge in [0.1, 0.15) is 0 Å². The van der Waals surface area contributed by atoms with E-state index in [2.05, 4.69) is 9.72 Å². The summed E-state index contributed by atoms with van der Waals surface area (Å²) < 4.78 is 17.7. The van der Waals surface area contributed by atoms with Crippen LogP contribution >= 0.6 is 23.1 Å². The number of carbonyl (C=O) groups excluding carboxylic acids is 1. The minimum absolute atomic E-state index is 0.0677. The van der Waals surface area contributed by atoms with Crippen LogP contribution in [0.2, 0.25) is 0 Å². The Hall–Kier alpha value is -0.620. The maximum atomic E-state index is 12.8. The first-order valence-corrected chi connectivity index (χ1v) is 5.01. The number of halogens is 1. The van der Waals surface area contributed by atoms with Gasteiger partial charge in [-0.1, -0.05) is 23.1 Å². The highest BCUT2D eigenvalue weighted by Crippen LogP contribution is 2.24. The number of methoxy groups -OCH3 is 1. The Bertz CT molecular complexity index is 300. The summed E-state index contributed by atoms with van der Waals surface area (Å²) in [4.78, 5) is 14.3. The molecule has 0 aromatic carbocycles. The van der Waals surface area contributed by atoms with Crippen molar-refractivity contribution in [3.05, 3.63) is 10.8 Å². The van der Waals surface area contributed by atoms with E-state index >= 15 is 0 Å². The summed E-state index contributed by atoms with van der Waals surface area (Å²) in [6.07, 6.45) is 1.76. The van der Waals surface area contributed by atoms with E-state index in [1.165, 1.54) is 18.9 Å². The molecular weight excluding hydrogens is 201 g/mol. The number of carbonyl (C=O) groups is 1. The number of hydrogen-bond donors (Lipinski definition) is 0. The molecule has 12 heavy (non-hydrogen) atoms. The molecular formula is C6H6FNO2S2. The average molecular weight is 207 g/mol. The van der Waals surface area contributed by atoms with Gasteiger partial charge in [0.05, 0.1) is 7.11 Å². The Morgan fingerprint density at radius 2 is 2.42 bits per heavy atom. The molecule has 1 rings (SSSR count). The average Bonchev–Trinajstić information content (AvgIpc) is 2.45. The van der Waals surface area contributed by atoms with Gasteiger partial charge >= 0.3 is 5.97 Å². The summed E-state index contributed by atoms with van der Waals surface area (Å²) in [5.41, 5.74) is 0. The summed E-state index contributed by atoms with van der Waals surface area (Å²) >= 11 is 2.29. The minimum Gasteiger partial charge on any atom is -0.465 e. The van der Waals surface area contributed by atoms with Crippen LogP contribution in [0.4, 0.5) is 4.39 Å². The predicted octanol–water partition coefficient (Wildman–Crippen LogP) is 1.79. The summed E-state index contributed by atoms with van der Waals surface area (Å²) in [7, 11) is 1.21. The molecule has 0 spiro atoms. The molecule has 0 aliphatic rings. The second-order valence-electron chi connectivity index (χ2n) is 1.80. The van der Waals surface area contributed by atoms with Gasteiger partial charge in [-0.2, -0.15) is 4.39 Å². The van der Waals surface area contributed by atoms with Gasteiger partial charge in [-0.25, -0.2) is 9.78 Å². The fourth-order valence-corrected chi connectivity index (χ4v) is 1.94. The largest absolute Gasteiger partial charge is 0.465 e. The van der Waals surface area contributed by atoms with Crippen molar-refractivity contribution in [1.29, 1.82) is 0 Å². The van der Waals surface area contributed by atoms with Gasteiger partial charge in [-0.3, -0.25) is 0 Å². The molecule has 0 atom stereocenters. The van der Waals surface area contributed by atoms with E-state index in [-0.39, 0.29) is 4.88 Å². The first-order valence-electron chi connectivity index (χ1n) is 2.97. The third kappa shape index (κ3) is 1.75. The van der Waals surface area contributed by atoms with E-state index < -0.39 is 11.9 Å². The smallest absolute Gasteiger partial charge is 0.352 e. The van der Waals surface area contributed by atoms with E-state index in [0.717, 1.165) is 11.3 Å². The van der Waals surface area contributed by atoms with Crippen LogP contribution in [0.5, 0.6) is 0 Å². The molecule has 1 heterocycles. The Balaban J connectivity index is 2.99.